The highest BCUT2D eigenvalue weighted by atomic mass is 79.9. The molecule has 0 aliphatic carbocycles. The van der Waals surface area contributed by atoms with E-state index in [4.69, 9.17) is 4.98 Å². The number of benzene rings is 2. The number of anilines is 1. The fourth-order valence-electron chi connectivity index (χ4n) is 2.66. The second-order valence-corrected chi connectivity index (χ2v) is 6.43. The summed E-state index contributed by atoms with van der Waals surface area (Å²) in [6.45, 7) is 7.40. The first-order valence-corrected chi connectivity index (χ1v) is 8.17. The zero-order chi connectivity index (χ0) is 15.0. The van der Waals surface area contributed by atoms with Crippen LogP contribution in [0.15, 0.2) is 40.9 Å². The first-order chi connectivity index (χ1) is 10.1. The Kier molecular flexibility index (Phi) is 3.85. The molecule has 3 aromatic rings. The molecule has 2 aromatic carbocycles. The van der Waals surface area contributed by atoms with Crippen LogP contribution < -0.4 is 5.32 Å². The number of pyridine rings is 1. The lowest BCUT2D eigenvalue weighted by Gasteiger charge is -2.15. The van der Waals surface area contributed by atoms with Gasteiger partial charge in [0.2, 0.25) is 0 Å². The number of hydrogen-bond donors (Lipinski definition) is 1. The van der Waals surface area contributed by atoms with Crippen molar-refractivity contribution >= 4 is 43.3 Å². The van der Waals surface area contributed by atoms with E-state index in [1.165, 1.54) is 16.2 Å². The van der Waals surface area contributed by atoms with Gasteiger partial charge in [0.05, 0.1) is 5.52 Å². The minimum atomic E-state index is 0.411. The molecule has 0 bridgehead atoms. The standard InChI is InChI=1S/C18H19BrN2/c1-4-20-17-10-16(11(2)3)21-18-13-8-6-5-7-12(13)15(19)9-14(17)18/h5-11H,4H2,1-3H3,(H,20,21). The maximum Gasteiger partial charge on any atom is 0.0805 e. The number of fused-ring (bicyclic) bond motifs is 3. The van der Waals surface area contributed by atoms with Crippen LogP contribution in [0.1, 0.15) is 32.4 Å². The molecule has 21 heavy (non-hydrogen) atoms. The molecule has 0 saturated carbocycles. The van der Waals surface area contributed by atoms with Gasteiger partial charge in [0, 0.05) is 33.2 Å². The molecule has 108 valence electrons. The van der Waals surface area contributed by atoms with Crippen molar-refractivity contribution in [1.82, 2.24) is 4.98 Å². The van der Waals surface area contributed by atoms with Gasteiger partial charge in [0.15, 0.2) is 0 Å². The average Bonchev–Trinajstić information content (AvgIpc) is 2.48. The number of hydrogen-bond acceptors (Lipinski definition) is 2. The van der Waals surface area contributed by atoms with E-state index in [2.05, 4.69) is 78.4 Å². The SMILES string of the molecule is CCNc1cc(C(C)C)nc2c1cc(Br)c1ccccc12. The molecule has 2 nitrogen and oxygen atoms in total. The summed E-state index contributed by atoms with van der Waals surface area (Å²) in [7, 11) is 0. The molecule has 0 unspecified atom stereocenters. The highest BCUT2D eigenvalue weighted by Crippen LogP contribution is 2.35. The Bertz CT molecular complexity index is 809. The summed E-state index contributed by atoms with van der Waals surface area (Å²) < 4.78 is 1.11. The largest absolute Gasteiger partial charge is 0.385 e. The van der Waals surface area contributed by atoms with Crippen molar-refractivity contribution in [2.75, 3.05) is 11.9 Å². The molecule has 3 rings (SSSR count). The molecule has 0 radical (unpaired) electrons. The molecule has 3 heteroatoms. The number of nitrogens with zero attached hydrogens (tertiary/aromatic N) is 1. The molecule has 0 atom stereocenters. The van der Waals surface area contributed by atoms with Gasteiger partial charge >= 0.3 is 0 Å². The molecular formula is C18H19BrN2. The molecule has 0 aliphatic heterocycles. The fraction of sp³-hybridized carbons (Fsp3) is 0.278. The number of halogens is 1. The number of aromatic nitrogens is 1. The molecule has 0 saturated heterocycles. The van der Waals surface area contributed by atoms with E-state index >= 15 is 0 Å². The predicted octanol–water partition coefficient (Wildman–Crippen LogP) is 5.71. The molecule has 1 N–H and O–H groups in total. The maximum atomic E-state index is 4.93. The summed E-state index contributed by atoms with van der Waals surface area (Å²) in [4.78, 5) is 4.93. The maximum absolute atomic E-state index is 4.93. The van der Waals surface area contributed by atoms with Crippen LogP contribution in [-0.2, 0) is 0 Å². The van der Waals surface area contributed by atoms with Crippen LogP contribution in [-0.4, -0.2) is 11.5 Å². The van der Waals surface area contributed by atoms with Crippen molar-refractivity contribution in [2.45, 2.75) is 26.7 Å². The topological polar surface area (TPSA) is 24.9 Å². The van der Waals surface area contributed by atoms with E-state index in [-0.39, 0.29) is 0 Å². The van der Waals surface area contributed by atoms with Crippen molar-refractivity contribution in [3.8, 4) is 0 Å². The van der Waals surface area contributed by atoms with Gasteiger partial charge in [-0.2, -0.15) is 0 Å². The quantitative estimate of drug-likeness (QED) is 0.617. The fourth-order valence-corrected chi connectivity index (χ4v) is 3.24. The van der Waals surface area contributed by atoms with Gasteiger partial charge in [-0.25, -0.2) is 0 Å². The first kappa shape index (κ1) is 14.3. The van der Waals surface area contributed by atoms with Gasteiger partial charge < -0.3 is 5.32 Å². The second kappa shape index (κ2) is 5.64. The molecule has 0 fully saturated rings. The zero-order valence-corrected chi connectivity index (χ0v) is 14.2. The van der Waals surface area contributed by atoms with E-state index in [0.717, 1.165) is 27.9 Å². The van der Waals surface area contributed by atoms with Gasteiger partial charge in [-0.15, -0.1) is 0 Å². The predicted molar refractivity (Wildman–Crippen MR) is 95.2 cm³/mol. The Balaban J connectivity index is 2.45. The molecule has 0 spiro atoms. The van der Waals surface area contributed by atoms with Gasteiger partial charge in [-0.3, -0.25) is 4.98 Å². The van der Waals surface area contributed by atoms with Gasteiger partial charge in [-0.05, 0) is 30.4 Å². The van der Waals surface area contributed by atoms with Crippen LogP contribution in [0.5, 0.6) is 0 Å². The van der Waals surface area contributed by atoms with E-state index in [0.29, 0.717) is 5.92 Å². The van der Waals surface area contributed by atoms with Gasteiger partial charge in [0.1, 0.15) is 0 Å². The zero-order valence-electron chi connectivity index (χ0n) is 12.6. The summed E-state index contributed by atoms with van der Waals surface area (Å²) >= 11 is 3.70. The highest BCUT2D eigenvalue weighted by Gasteiger charge is 2.12. The summed E-state index contributed by atoms with van der Waals surface area (Å²) in [5.74, 6) is 0.411. The van der Waals surface area contributed by atoms with Crippen LogP contribution in [0, 0.1) is 0 Å². The second-order valence-electron chi connectivity index (χ2n) is 5.58. The Morgan fingerprint density at radius 3 is 2.48 bits per heavy atom. The van der Waals surface area contributed by atoms with Gasteiger partial charge in [-0.1, -0.05) is 54.0 Å². The summed E-state index contributed by atoms with van der Waals surface area (Å²) in [6.07, 6.45) is 0. The summed E-state index contributed by atoms with van der Waals surface area (Å²) in [5, 5.41) is 7.06. The van der Waals surface area contributed by atoms with Crippen molar-refractivity contribution in [1.29, 1.82) is 0 Å². The van der Waals surface area contributed by atoms with Crippen LogP contribution in [0.25, 0.3) is 21.7 Å². The Hall–Kier alpha value is -1.61. The molecule has 1 heterocycles. The van der Waals surface area contributed by atoms with E-state index in [1.54, 1.807) is 0 Å². The first-order valence-electron chi connectivity index (χ1n) is 7.37. The smallest absolute Gasteiger partial charge is 0.0805 e. The number of nitrogens with one attached hydrogen (secondary N) is 1. The van der Waals surface area contributed by atoms with Crippen LogP contribution in [0.3, 0.4) is 0 Å². The minimum Gasteiger partial charge on any atom is -0.385 e. The van der Waals surface area contributed by atoms with Crippen molar-refractivity contribution < 1.29 is 0 Å². The van der Waals surface area contributed by atoms with Crippen LogP contribution in [0.2, 0.25) is 0 Å². The van der Waals surface area contributed by atoms with E-state index < -0.39 is 0 Å². The van der Waals surface area contributed by atoms with E-state index in [1.807, 2.05) is 0 Å². The Morgan fingerprint density at radius 1 is 1.10 bits per heavy atom. The number of rotatable bonds is 3. The van der Waals surface area contributed by atoms with E-state index in [9.17, 15) is 0 Å². The molecule has 1 aromatic heterocycles. The third-order valence-corrected chi connectivity index (χ3v) is 4.40. The lowest BCUT2D eigenvalue weighted by Crippen LogP contribution is -2.02. The van der Waals surface area contributed by atoms with Gasteiger partial charge in [0.25, 0.3) is 0 Å². The average molecular weight is 343 g/mol. The van der Waals surface area contributed by atoms with Crippen molar-refractivity contribution in [3.05, 3.63) is 46.6 Å². The molecule has 0 amide bonds. The Labute approximate surface area is 133 Å². The third-order valence-electron chi connectivity index (χ3n) is 3.75. The van der Waals surface area contributed by atoms with Crippen molar-refractivity contribution in [2.24, 2.45) is 0 Å². The minimum absolute atomic E-state index is 0.411. The molecule has 0 aliphatic rings. The Morgan fingerprint density at radius 2 is 1.81 bits per heavy atom. The third kappa shape index (κ3) is 2.51. The normalized spacial score (nSPS) is 11.5. The van der Waals surface area contributed by atoms with Crippen LogP contribution >= 0.6 is 15.9 Å². The summed E-state index contributed by atoms with van der Waals surface area (Å²) in [5.41, 5.74) is 3.37. The van der Waals surface area contributed by atoms with Crippen LogP contribution in [0.4, 0.5) is 5.69 Å². The van der Waals surface area contributed by atoms with Crippen molar-refractivity contribution in [3.63, 3.8) is 0 Å². The monoisotopic (exact) mass is 342 g/mol. The lowest BCUT2D eigenvalue weighted by atomic mass is 10.0. The summed E-state index contributed by atoms with van der Waals surface area (Å²) in [6, 6.07) is 12.8. The lowest BCUT2D eigenvalue weighted by molar-refractivity contribution is 0.830. The highest BCUT2D eigenvalue weighted by molar-refractivity contribution is 9.10. The molecular weight excluding hydrogens is 324 g/mol.